The summed E-state index contributed by atoms with van der Waals surface area (Å²) in [6.07, 6.45) is 1.98. The Labute approximate surface area is 131 Å². The van der Waals surface area contributed by atoms with Crippen LogP contribution in [0.4, 0.5) is 0 Å². The van der Waals surface area contributed by atoms with Gasteiger partial charge in [0.05, 0.1) is 11.5 Å². The molecule has 0 amide bonds. The maximum atomic E-state index is 12.4. The molecule has 1 aliphatic rings. The molecule has 0 aromatic carbocycles. The molecule has 0 bridgehead atoms. The van der Waals surface area contributed by atoms with Gasteiger partial charge in [-0.15, -0.1) is 11.3 Å². The van der Waals surface area contributed by atoms with Crippen LogP contribution in [0.15, 0.2) is 16.3 Å². The van der Waals surface area contributed by atoms with Crippen molar-refractivity contribution in [3.05, 3.63) is 16.3 Å². The van der Waals surface area contributed by atoms with Crippen molar-refractivity contribution in [3.8, 4) is 0 Å². The highest BCUT2D eigenvalue weighted by Crippen LogP contribution is 2.22. The Morgan fingerprint density at radius 1 is 1.52 bits per heavy atom. The van der Waals surface area contributed by atoms with Crippen molar-refractivity contribution in [1.29, 1.82) is 0 Å². The Kier molecular flexibility index (Phi) is 6.19. The molecular formula is C14H24N2O3S2. The third kappa shape index (κ3) is 4.75. The molecule has 21 heavy (non-hydrogen) atoms. The van der Waals surface area contributed by atoms with Gasteiger partial charge in [-0.3, -0.25) is 0 Å². The van der Waals surface area contributed by atoms with Gasteiger partial charge in [0.25, 0.3) is 0 Å². The van der Waals surface area contributed by atoms with Crippen LogP contribution >= 0.6 is 11.3 Å². The molecule has 0 radical (unpaired) electrons. The second-order valence-corrected chi connectivity index (χ2v) is 8.17. The summed E-state index contributed by atoms with van der Waals surface area (Å²) in [6, 6.07) is 1.66. The summed E-state index contributed by atoms with van der Waals surface area (Å²) in [5.41, 5.74) is 0. The zero-order valence-electron chi connectivity index (χ0n) is 12.6. The molecule has 2 heterocycles. The second-order valence-electron chi connectivity index (χ2n) is 5.46. The lowest BCUT2D eigenvalue weighted by molar-refractivity contribution is 0.180. The highest BCUT2D eigenvalue weighted by molar-refractivity contribution is 7.89. The normalized spacial score (nSPS) is 20.8. The average Bonchev–Trinajstić information content (AvgIpc) is 3.10. The highest BCUT2D eigenvalue weighted by atomic mass is 32.2. The molecule has 2 rings (SSSR count). The summed E-state index contributed by atoms with van der Waals surface area (Å²) in [5, 5.41) is 4.99. The van der Waals surface area contributed by atoms with E-state index in [1.54, 1.807) is 11.4 Å². The van der Waals surface area contributed by atoms with E-state index in [0.29, 0.717) is 11.5 Å². The van der Waals surface area contributed by atoms with Crippen molar-refractivity contribution >= 4 is 21.4 Å². The van der Waals surface area contributed by atoms with Crippen molar-refractivity contribution in [2.75, 3.05) is 19.8 Å². The third-order valence-corrected chi connectivity index (χ3v) is 6.30. The van der Waals surface area contributed by atoms with Crippen LogP contribution in [0.5, 0.6) is 0 Å². The SMILES string of the molecule is CCCNCc1cc(S(=O)(=O)NC(C)C2CCOC2)cs1. The van der Waals surface area contributed by atoms with Crippen LogP contribution in [-0.2, 0) is 21.3 Å². The first-order valence-corrected chi connectivity index (χ1v) is 9.77. The predicted molar refractivity (Wildman–Crippen MR) is 85.0 cm³/mol. The molecule has 0 spiro atoms. The number of thiophene rings is 1. The standard InChI is InChI=1S/C14H24N2O3S2/c1-3-5-15-8-13-7-14(10-20-13)21(17,18)16-11(2)12-4-6-19-9-12/h7,10-12,15-16H,3-6,8-9H2,1-2H3. The van der Waals surface area contributed by atoms with E-state index in [0.717, 1.165) is 37.4 Å². The first-order chi connectivity index (χ1) is 10.0. The Balaban J connectivity index is 1.95. The Bertz CT molecular complexity index is 536. The molecule has 5 nitrogen and oxygen atoms in total. The topological polar surface area (TPSA) is 67.4 Å². The maximum Gasteiger partial charge on any atom is 0.241 e. The summed E-state index contributed by atoms with van der Waals surface area (Å²) in [4.78, 5) is 1.41. The van der Waals surface area contributed by atoms with Crippen LogP contribution in [0.2, 0.25) is 0 Å². The molecule has 1 aromatic heterocycles. The van der Waals surface area contributed by atoms with E-state index < -0.39 is 10.0 Å². The summed E-state index contributed by atoms with van der Waals surface area (Å²) in [5.74, 6) is 0.268. The summed E-state index contributed by atoms with van der Waals surface area (Å²) in [7, 11) is -3.43. The largest absolute Gasteiger partial charge is 0.381 e. The van der Waals surface area contributed by atoms with Gasteiger partial charge in [0.1, 0.15) is 0 Å². The molecule has 7 heteroatoms. The third-order valence-electron chi connectivity index (χ3n) is 3.68. The van der Waals surface area contributed by atoms with Crippen molar-refractivity contribution < 1.29 is 13.2 Å². The van der Waals surface area contributed by atoms with Crippen molar-refractivity contribution in [2.45, 2.75) is 44.2 Å². The summed E-state index contributed by atoms with van der Waals surface area (Å²) >= 11 is 1.48. The number of sulfonamides is 1. The van der Waals surface area contributed by atoms with Crippen LogP contribution in [-0.4, -0.2) is 34.2 Å². The number of hydrogen-bond acceptors (Lipinski definition) is 5. The van der Waals surface area contributed by atoms with E-state index >= 15 is 0 Å². The first-order valence-electron chi connectivity index (χ1n) is 7.41. The molecule has 0 aliphatic carbocycles. The average molecular weight is 332 g/mol. The minimum Gasteiger partial charge on any atom is -0.381 e. The quantitative estimate of drug-likeness (QED) is 0.714. The van der Waals surface area contributed by atoms with Gasteiger partial charge in [0.15, 0.2) is 0 Å². The Hall–Kier alpha value is -0.470. The monoisotopic (exact) mass is 332 g/mol. The predicted octanol–water partition coefficient (Wildman–Crippen LogP) is 1.95. The number of rotatable bonds is 8. The maximum absolute atomic E-state index is 12.4. The lowest BCUT2D eigenvalue weighted by Crippen LogP contribution is -2.38. The molecule has 1 fully saturated rings. The fraction of sp³-hybridized carbons (Fsp3) is 0.714. The zero-order chi connectivity index (χ0) is 15.3. The van der Waals surface area contributed by atoms with Gasteiger partial charge < -0.3 is 10.1 Å². The minimum absolute atomic E-state index is 0.0981. The van der Waals surface area contributed by atoms with Crippen LogP contribution in [0.25, 0.3) is 0 Å². The molecule has 120 valence electrons. The van der Waals surface area contributed by atoms with Crippen LogP contribution in [0, 0.1) is 5.92 Å². The number of hydrogen-bond donors (Lipinski definition) is 2. The minimum atomic E-state index is -3.43. The van der Waals surface area contributed by atoms with E-state index in [2.05, 4.69) is 17.0 Å². The van der Waals surface area contributed by atoms with Crippen molar-refractivity contribution in [2.24, 2.45) is 5.92 Å². The van der Waals surface area contributed by atoms with Gasteiger partial charge in [0, 0.05) is 35.4 Å². The molecular weight excluding hydrogens is 308 g/mol. The zero-order valence-corrected chi connectivity index (χ0v) is 14.2. The van der Waals surface area contributed by atoms with E-state index in [9.17, 15) is 8.42 Å². The fourth-order valence-electron chi connectivity index (χ4n) is 2.34. The van der Waals surface area contributed by atoms with Gasteiger partial charge in [-0.05, 0) is 32.4 Å². The highest BCUT2D eigenvalue weighted by Gasteiger charge is 2.27. The van der Waals surface area contributed by atoms with Crippen molar-refractivity contribution in [1.82, 2.24) is 10.0 Å². The summed E-state index contributed by atoms with van der Waals surface area (Å²) in [6.45, 7) is 7.04. The molecule has 1 aromatic rings. The lowest BCUT2D eigenvalue weighted by Gasteiger charge is -2.18. The molecule has 1 saturated heterocycles. The Morgan fingerprint density at radius 3 is 3.00 bits per heavy atom. The molecule has 2 unspecified atom stereocenters. The van der Waals surface area contributed by atoms with Crippen LogP contribution in [0.1, 0.15) is 31.6 Å². The van der Waals surface area contributed by atoms with E-state index in [1.807, 2.05) is 6.92 Å². The first kappa shape index (κ1) is 16.9. The molecule has 2 N–H and O–H groups in total. The van der Waals surface area contributed by atoms with E-state index in [1.165, 1.54) is 11.3 Å². The van der Waals surface area contributed by atoms with Gasteiger partial charge in [0.2, 0.25) is 10.0 Å². The van der Waals surface area contributed by atoms with Gasteiger partial charge in [-0.1, -0.05) is 6.92 Å². The van der Waals surface area contributed by atoms with Crippen molar-refractivity contribution in [3.63, 3.8) is 0 Å². The van der Waals surface area contributed by atoms with Gasteiger partial charge >= 0.3 is 0 Å². The van der Waals surface area contributed by atoms with Crippen LogP contribution in [0.3, 0.4) is 0 Å². The number of ether oxygens (including phenoxy) is 1. The van der Waals surface area contributed by atoms with E-state index in [4.69, 9.17) is 4.74 Å². The molecule has 0 saturated carbocycles. The summed E-state index contributed by atoms with van der Waals surface area (Å²) < 4.78 is 32.8. The van der Waals surface area contributed by atoms with Crippen LogP contribution < -0.4 is 10.0 Å². The lowest BCUT2D eigenvalue weighted by atomic mass is 10.0. The van der Waals surface area contributed by atoms with Gasteiger partial charge in [-0.25, -0.2) is 13.1 Å². The molecule has 2 atom stereocenters. The fourth-order valence-corrected chi connectivity index (χ4v) is 4.90. The van der Waals surface area contributed by atoms with Gasteiger partial charge in [-0.2, -0.15) is 0 Å². The Morgan fingerprint density at radius 2 is 2.33 bits per heavy atom. The smallest absolute Gasteiger partial charge is 0.241 e. The second kappa shape index (κ2) is 7.69. The molecule has 1 aliphatic heterocycles. The van der Waals surface area contributed by atoms with E-state index in [-0.39, 0.29) is 12.0 Å². The number of nitrogens with one attached hydrogen (secondary N) is 2.